The maximum atomic E-state index is 5.78. The van der Waals surface area contributed by atoms with Gasteiger partial charge in [-0.1, -0.05) is 15.9 Å². The highest BCUT2D eigenvalue weighted by Gasteiger charge is 2.04. The van der Waals surface area contributed by atoms with E-state index in [2.05, 4.69) is 26.3 Å². The van der Waals surface area contributed by atoms with Crippen molar-refractivity contribution >= 4 is 15.9 Å². The fourth-order valence-corrected chi connectivity index (χ4v) is 2.26. The molecule has 1 aromatic heterocycles. The number of ether oxygens (including phenoxy) is 2. The molecule has 0 aliphatic carbocycles. The van der Waals surface area contributed by atoms with Crippen LogP contribution in [0.5, 0.6) is 5.75 Å². The summed E-state index contributed by atoms with van der Waals surface area (Å²) in [4.78, 5) is 0. The molecular formula is C15H20BrN3O2. The third-order valence-corrected chi connectivity index (χ3v) is 3.74. The van der Waals surface area contributed by atoms with Crippen LogP contribution in [0.3, 0.4) is 0 Å². The maximum Gasteiger partial charge on any atom is 0.132 e. The average Bonchev–Trinajstić information content (AvgIpc) is 2.89. The molecule has 0 saturated heterocycles. The minimum absolute atomic E-state index is 0.471. The third-order valence-electron chi connectivity index (χ3n) is 2.97. The Labute approximate surface area is 133 Å². The SMILES string of the molecule is COCCNCc1cc(OCc2ccn(C)n2)ccc1Br. The highest BCUT2D eigenvalue weighted by atomic mass is 79.9. The highest BCUT2D eigenvalue weighted by molar-refractivity contribution is 9.10. The second-order valence-electron chi connectivity index (χ2n) is 4.69. The summed E-state index contributed by atoms with van der Waals surface area (Å²) in [5.41, 5.74) is 2.07. The highest BCUT2D eigenvalue weighted by Crippen LogP contribution is 2.23. The van der Waals surface area contributed by atoms with Crippen LogP contribution in [0, 0.1) is 0 Å². The number of aryl methyl sites for hydroxylation is 1. The number of halogens is 1. The molecule has 0 amide bonds. The first-order valence-electron chi connectivity index (χ1n) is 6.78. The van der Waals surface area contributed by atoms with Crippen molar-refractivity contribution in [3.63, 3.8) is 0 Å². The molecule has 0 saturated carbocycles. The zero-order valence-electron chi connectivity index (χ0n) is 12.3. The quantitative estimate of drug-likeness (QED) is 0.740. The average molecular weight is 354 g/mol. The van der Waals surface area contributed by atoms with Crippen LogP contribution in [-0.4, -0.2) is 30.0 Å². The zero-order chi connectivity index (χ0) is 15.1. The zero-order valence-corrected chi connectivity index (χ0v) is 13.9. The number of nitrogens with zero attached hydrogens (tertiary/aromatic N) is 2. The summed E-state index contributed by atoms with van der Waals surface area (Å²) < 4.78 is 13.6. The Morgan fingerprint density at radius 1 is 1.33 bits per heavy atom. The lowest BCUT2D eigenvalue weighted by Crippen LogP contribution is -2.18. The van der Waals surface area contributed by atoms with Crippen LogP contribution < -0.4 is 10.1 Å². The first-order valence-corrected chi connectivity index (χ1v) is 7.57. The van der Waals surface area contributed by atoms with Crippen molar-refractivity contribution in [1.82, 2.24) is 15.1 Å². The van der Waals surface area contributed by atoms with E-state index in [1.54, 1.807) is 11.8 Å². The Hall–Kier alpha value is -1.37. The van der Waals surface area contributed by atoms with Gasteiger partial charge in [0.25, 0.3) is 0 Å². The standard InChI is InChI=1S/C15H20BrN3O2/c1-19-7-5-13(18-19)11-21-14-3-4-15(16)12(9-14)10-17-6-8-20-2/h3-5,7,9,17H,6,8,10-11H2,1-2H3. The van der Waals surface area contributed by atoms with E-state index in [0.29, 0.717) is 13.2 Å². The number of hydrogen-bond acceptors (Lipinski definition) is 4. The minimum atomic E-state index is 0.471. The van der Waals surface area contributed by atoms with Gasteiger partial charge in [-0.25, -0.2) is 0 Å². The molecule has 0 aliphatic rings. The molecule has 0 atom stereocenters. The molecule has 2 rings (SSSR count). The summed E-state index contributed by atoms with van der Waals surface area (Å²) in [5, 5.41) is 7.61. The number of hydrogen-bond donors (Lipinski definition) is 1. The van der Waals surface area contributed by atoms with Crippen molar-refractivity contribution in [1.29, 1.82) is 0 Å². The van der Waals surface area contributed by atoms with Crippen molar-refractivity contribution in [2.24, 2.45) is 7.05 Å². The van der Waals surface area contributed by atoms with Gasteiger partial charge in [-0.15, -0.1) is 0 Å². The Bertz CT molecular complexity index is 572. The molecule has 5 nitrogen and oxygen atoms in total. The molecule has 0 bridgehead atoms. The Morgan fingerprint density at radius 2 is 2.19 bits per heavy atom. The summed E-state index contributed by atoms with van der Waals surface area (Å²) in [6.07, 6.45) is 1.91. The number of benzene rings is 1. The lowest BCUT2D eigenvalue weighted by molar-refractivity contribution is 0.199. The van der Waals surface area contributed by atoms with E-state index >= 15 is 0 Å². The number of nitrogens with one attached hydrogen (secondary N) is 1. The molecule has 1 N–H and O–H groups in total. The number of aromatic nitrogens is 2. The Kier molecular flexibility index (Phi) is 6.22. The molecular weight excluding hydrogens is 334 g/mol. The van der Waals surface area contributed by atoms with Crippen LogP contribution in [-0.2, 0) is 24.9 Å². The topological polar surface area (TPSA) is 48.3 Å². The predicted octanol–water partition coefficient (Wildman–Crippen LogP) is 2.50. The fourth-order valence-electron chi connectivity index (χ4n) is 1.87. The van der Waals surface area contributed by atoms with Crippen LogP contribution in [0.25, 0.3) is 0 Å². The van der Waals surface area contributed by atoms with E-state index in [-0.39, 0.29) is 0 Å². The molecule has 6 heteroatoms. The monoisotopic (exact) mass is 353 g/mol. The summed E-state index contributed by atoms with van der Waals surface area (Å²) in [6, 6.07) is 7.94. The Morgan fingerprint density at radius 3 is 2.90 bits per heavy atom. The van der Waals surface area contributed by atoms with Gasteiger partial charge in [0, 0.05) is 37.9 Å². The molecule has 0 radical (unpaired) electrons. The normalized spacial score (nSPS) is 10.8. The predicted molar refractivity (Wildman–Crippen MR) is 85.3 cm³/mol. The molecule has 0 aliphatic heterocycles. The van der Waals surface area contributed by atoms with Gasteiger partial charge in [-0.05, 0) is 29.8 Å². The summed E-state index contributed by atoms with van der Waals surface area (Å²) in [7, 11) is 3.59. The van der Waals surface area contributed by atoms with Crippen LogP contribution in [0.15, 0.2) is 34.9 Å². The number of rotatable bonds is 8. The van der Waals surface area contributed by atoms with Crippen molar-refractivity contribution < 1.29 is 9.47 Å². The van der Waals surface area contributed by atoms with Gasteiger partial charge in [-0.3, -0.25) is 4.68 Å². The molecule has 2 aromatic rings. The third kappa shape index (κ3) is 5.15. The summed E-state index contributed by atoms with van der Waals surface area (Å²) >= 11 is 3.56. The molecule has 21 heavy (non-hydrogen) atoms. The molecule has 114 valence electrons. The first kappa shape index (κ1) is 16.0. The van der Waals surface area contributed by atoms with Gasteiger partial charge in [-0.2, -0.15) is 5.10 Å². The van der Waals surface area contributed by atoms with Gasteiger partial charge < -0.3 is 14.8 Å². The van der Waals surface area contributed by atoms with Crippen LogP contribution in [0.2, 0.25) is 0 Å². The van der Waals surface area contributed by atoms with Crippen LogP contribution in [0.1, 0.15) is 11.3 Å². The van der Waals surface area contributed by atoms with Gasteiger partial charge in [0.2, 0.25) is 0 Å². The van der Waals surface area contributed by atoms with E-state index in [1.807, 2.05) is 37.5 Å². The van der Waals surface area contributed by atoms with Crippen molar-refractivity contribution in [2.75, 3.05) is 20.3 Å². The van der Waals surface area contributed by atoms with Gasteiger partial charge in [0.1, 0.15) is 12.4 Å². The summed E-state index contributed by atoms with van der Waals surface area (Å²) in [6.45, 7) is 2.76. The lowest BCUT2D eigenvalue weighted by Gasteiger charge is -2.10. The lowest BCUT2D eigenvalue weighted by atomic mass is 10.2. The fraction of sp³-hybridized carbons (Fsp3) is 0.400. The van der Waals surface area contributed by atoms with Gasteiger partial charge in [0.15, 0.2) is 0 Å². The van der Waals surface area contributed by atoms with Crippen LogP contribution in [0.4, 0.5) is 0 Å². The second-order valence-corrected chi connectivity index (χ2v) is 5.55. The first-order chi connectivity index (χ1) is 10.2. The molecule has 1 heterocycles. The van der Waals surface area contributed by atoms with Gasteiger partial charge in [0.05, 0.1) is 12.3 Å². The van der Waals surface area contributed by atoms with E-state index in [4.69, 9.17) is 9.47 Å². The molecule has 0 spiro atoms. The van der Waals surface area contributed by atoms with Crippen LogP contribution >= 0.6 is 15.9 Å². The van der Waals surface area contributed by atoms with Crippen molar-refractivity contribution in [3.05, 3.63) is 46.2 Å². The summed E-state index contributed by atoms with van der Waals surface area (Å²) in [5.74, 6) is 0.840. The minimum Gasteiger partial charge on any atom is -0.487 e. The maximum absolute atomic E-state index is 5.78. The van der Waals surface area contributed by atoms with E-state index < -0.39 is 0 Å². The molecule has 0 unspecified atom stereocenters. The van der Waals surface area contributed by atoms with E-state index in [9.17, 15) is 0 Å². The smallest absolute Gasteiger partial charge is 0.132 e. The van der Waals surface area contributed by atoms with Crippen molar-refractivity contribution in [3.8, 4) is 5.75 Å². The van der Waals surface area contributed by atoms with E-state index in [1.165, 1.54) is 0 Å². The Balaban J connectivity index is 1.91. The number of methoxy groups -OCH3 is 1. The van der Waals surface area contributed by atoms with E-state index in [0.717, 1.165) is 34.6 Å². The van der Waals surface area contributed by atoms with Crippen molar-refractivity contribution in [2.45, 2.75) is 13.2 Å². The van der Waals surface area contributed by atoms with Gasteiger partial charge >= 0.3 is 0 Å². The largest absolute Gasteiger partial charge is 0.487 e. The second kappa shape index (κ2) is 8.17. The molecule has 0 fully saturated rings. The molecule has 1 aromatic carbocycles.